The molecule has 24 heavy (non-hydrogen) atoms. The van der Waals surface area contributed by atoms with Crippen molar-refractivity contribution in [3.63, 3.8) is 0 Å². The van der Waals surface area contributed by atoms with E-state index in [1.165, 1.54) is 5.57 Å². The Bertz CT molecular complexity index is 524. The molecular formula is C18H27N3O3. The van der Waals surface area contributed by atoms with E-state index in [1.54, 1.807) is 0 Å². The Morgan fingerprint density at radius 2 is 2.00 bits per heavy atom. The molecule has 3 N–H and O–H groups in total. The quantitative estimate of drug-likeness (QED) is 0.474. The number of hydrogen-bond acceptors (Lipinski definition) is 4. The third-order valence-corrected chi connectivity index (χ3v) is 3.59. The van der Waals surface area contributed by atoms with E-state index in [4.69, 9.17) is 9.47 Å². The molecule has 0 atom stereocenters. The van der Waals surface area contributed by atoms with Crippen molar-refractivity contribution >= 4 is 5.91 Å². The number of hydrogen-bond donors (Lipinski definition) is 3. The maximum Gasteiger partial charge on any atom is 0.224 e. The molecule has 0 aromatic carbocycles. The van der Waals surface area contributed by atoms with E-state index < -0.39 is 0 Å². The Kier molecular flexibility index (Phi) is 8.93. The van der Waals surface area contributed by atoms with Crippen molar-refractivity contribution in [2.45, 2.75) is 12.8 Å². The van der Waals surface area contributed by atoms with Gasteiger partial charge in [0.2, 0.25) is 5.91 Å². The molecule has 0 fully saturated rings. The first-order valence-corrected chi connectivity index (χ1v) is 8.44. The van der Waals surface area contributed by atoms with E-state index in [1.807, 2.05) is 18.5 Å². The third kappa shape index (κ3) is 8.10. The van der Waals surface area contributed by atoms with Crippen LogP contribution in [0.3, 0.4) is 0 Å². The third-order valence-electron chi connectivity index (χ3n) is 3.59. The fourth-order valence-corrected chi connectivity index (χ4v) is 2.32. The first-order chi connectivity index (χ1) is 11.8. The number of aromatic nitrogens is 1. The average Bonchev–Trinajstić information content (AvgIpc) is 3.26. The molecule has 2 rings (SSSR count). The Labute approximate surface area is 143 Å². The van der Waals surface area contributed by atoms with Crippen molar-refractivity contribution in [3.05, 3.63) is 47.8 Å². The molecule has 1 aromatic heterocycles. The van der Waals surface area contributed by atoms with Gasteiger partial charge in [-0.2, -0.15) is 0 Å². The van der Waals surface area contributed by atoms with Gasteiger partial charge in [0.15, 0.2) is 0 Å². The molecule has 6 heteroatoms. The van der Waals surface area contributed by atoms with Crippen molar-refractivity contribution in [1.29, 1.82) is 0 Å². The lowest BCUT2D eigenvalue weighted by Gasteiger charge is -2.08. The van der Waals surface area contributed by atoms with Gasteiger partial charge in [-0.3, -0.25) is 4.79 Å². The van der Waals surface area contributed by atoms with Crippen molar-refractivity contribution in [2.24, 2.45) is 0 Å². The SMILES string of the molecule is O=C(Cc1cc[nH]c1)NCCOCCOCCNCC1=CC=CC1. The topological polar surface area (TPSA) is 75.4 Å². The number of H-pyrrole nitrogens is 1. The highest BCUT2D eigenvalue weighted by Crippen LogP contribution is 2.07. The van der Waals surface area contributed by atoms with Crippen LogP contribution in [0.4, 0.5) is 0 Å². The molecule has 1 aliphatic carbocycles. The van der Waals surface area contributed by atoms with Gasteiger partial charge in [0, 0.05) is 32.0 Å². The first kappa shape index (κ1) is 18.4. The highest BCUT2D eigenvalue weighted by molar-refractivity contribution is 5.78. The van der Waals surface area contributed by atoms with Crippen LogP contribution in [0, 0.1) is 0 Å². The van der Waals surface area contributed by atoms with Crippen LogP contribution in [0.5, 0.6) is 0 Å². The number of allylic oxidation sites excluding steroid dienone is 3. The van der Waals surface area contributed by atoms with Gasteiger partial charge in [-0.15, -0.1) is 0 Å². The second-order valence-corrected chi connectivity index (χ2v) is 5.60. The summed E-state index contributed by atoms with van der Waals surface area (Å²) in [5.41, 5.74) is 2.40. The second kappa shape index (κ2) is 11.6. The average molecular weight is 333 g/mol. The molecule has 1 aromatic rings. The standard InChI is InChI=1S/C18H27N3O3/c22-18(13-17-5-6-19-15-17)21-8-10-24-12-11-23-9-7-20-14-16-3-1-2-4-16/h1-3,5-6,15,19-20H,4,7-14H2,(H,21,22). The molecule has 0 radical (unpaired) electrons. The highest BCUT2D eigenvalue weighted by Gasteiger charge is 2.02. The smallest absolute Gasteiger partial charge is 0.224 e. The lowest BCUT2D eigenvalue weighted by atomic mass is 10.2. The maximum absolute atomic E-state index is 11.6. The predicted molar refractivity (Wildman–Crippen MR) is 93.9 cm³/mol. The van der Waals surface area contributed by atoms with Crippen molar-refractivity contribution in [1.82, 2.24) is 15.6 Å². The molecule has 6 nitrogen and oxygen atoms in total. The summed E-state index contributed by atoms with van der Waals surface area (Å²) in [4.78, 5) is 14.6. The summed E-state index contributed by atoms with van der Waals surface area (Å²) in [6.07, 6.45) is 11.5. The summed E-state index contributed by atoms with van der Waals surface area (Å²) >= 11 is 0. The van der Waals surface area contributed by atoms with Crippen molar-refractivity contribution < 1.29 is 14.3 Å². The van der Waals surface area contributed by atoms with Crippen LogP contribution in [0.2, 0.25) is 0 Å². The second-order valence-electron chi connectivity index (χ2n) is 5.60. The Morgan fingerprint density at radius 3 is 2.71 bits per heavy atom. The maximum atomic E-state index is 11.6. The summed E-state index contributed by atoms with van der Waals surface area (Å²) in [5.74, 6) is 0.00750. The van der Waals surface area contributed by atoms with Crippen LogP contribution in [-0.4, -0.2) is 57.0 Å². The number of ether oxygens (including phenoxy) is 2. The van der Waals surface area contributed by atoms with Gasteiger partial charge in [0.05, 0.1) is 32.8 Å². The van der Waals surface area contributed by atoms with Crippen molar-refractivity contribution in [3.8, 4) is 0 Å². The van der Waals surface area contributed by atoms with Gasteiger partial charge in [-0.1, -0.05) is 23.8 Å². The number of aromatic amines is 1. The Morgan fingerprint density at radius 1 is 1.17 bits per heavy atom. The van der Waals surface area contributed by atoms with Crippen LogP contribution in [0.15, 0.2) is 42.3 Å². The molecule has 0 saturated carbocycles. The zero-order valence-corrected chi connectivity index (χ0v) is 14.1. The van der Waals surface area contributed by atoms with E-state index >= 15 is 0 Å². The molecule has 0 unspecified atom stereocenters. The molecule has 0 aliphatic heterocycles. The number of rotatable bonds is 13. The highest BCUT2D eigenvalue weighted by atomic mass is 16.5. The lowest BCUT2D eigenvalue weighted by molar-refractivity contribution is -0.120. The molecule has 132 valence electrons. The van der Waals surface area contributed by atoms with E-state index in [0.29, 0.717) is 39.4 Å². The van der Waals surface area contributed by atoms with Crippen molar-refractivity contribution in [2.75, 3.05) is 46.1 Å². The molecular weight excluding hydrogens is 306 g/mol. The summed E-state index contributed by atoms with van der Waals surface area (Å²) < 4.78 is 10.9. The van der Waals surface area contributed by atoms with Gasteiger partial charge in [-0.25, -0.2) is 0 Å². The zero-order valence-electron chi connectivity index (χ0n) is 14.1. The van der Waals surface area contributed by atoms with E-state index in [9.17, 15) is 4.79 Å². The van der Waals surface area contributed by atoms with Gasteiger partial charge >= 0.3 is 0 Å². The number of carbonyl (C=O) groups excluding carboxylic acids is 1. The Hall–Kier alpha value is -1.89. The van der Waals surface area contributed by atoms with Crippen LogP contribution in [0.25, 0.3) is 0 Å². The van der Waals surface area contributed by atoms with E-state index in [-0.39, 0.29) is 5.91 Å². The molecule has 1 aliphatic rings. The first-order valence-electron chi connectivity index (χ1n) is 8.44. The lowest BCUT2D eigenvalue weighted by Crippen LogP contribution is -2.29. The molecule has 1 amide bonds. The minimum absolute atomic E-state index is 0.00750. The summed E-state index contributed by atoms with van der Waals surface area (Å²) in [7, 11) is 0. The number of carbonyl (C=O) groups is 1. The molecule has 0 saturated heterocycles. The normalized spacial score (nSPS) is 13.2. The molecule has 0 bridgehead atoms. The van der Waals surface area contributed by atoms with Gasteiger partial charge in [-0.05, 0) is 18.1 Å². The number of amides is 1. The zero-order chi connectivity index (χ0) is 16.9. The minimum Gasteiger partial charge on any atom is -0.378 e. The van der Waals surface area contributed by atoms with E-state index in [0.717, 1.165) is 25.1 Å². The monoisotopic (exact) mass is 333 g/mol. The van der Waals surface area contributed by atoms with Gasteiger partial charge in [0.25, 0.3) is 0 Å². The van der Waals surface area contributed by atoms with E-state index in [2.05, 4.69) is 33.8 Å². The predicted octanol–water partition coefficient (Wildman–Crippen LogP) is 1.18. The fraction of sp³-hybridized carbons (Fsp3) is 0.500. The number of nitrogens with one attached hydrogen (secondary N) is 3. The summed E-state index contributed by atoms with van der Waals surface area (Å²) in [5, 5.41) is 6.17. The largest absolute Gasteiger partial charge is 0.378 e. The van der Waals surface area contributed by atoms with Gasteiger partial charge in [0.1, 0.15) is 0 Å². The van der Waals surface area contributed by atoms with Crippen LogP contribution < -0.4 is 10.6 Å². The fourth-order valence-electron chi connectivity index (χ4n) is 2.32. The summed E-state index contributed by atoms with van der Waals surface area (Å²) in [6, 6.07) is 1.89. The van der Waals surface area contributed by atoms with Crippen LogP contribution in [0.1, 0.15) is 12.0 Å². The van der Waals surface area contributed by atoms with Crippen LogP contribution >= 0.6 is 0 Å². The van der Waals surface area contributed by atoms with Crippen LogP contribution in [-0.2, 0) is 20.7 Å². The molecule has 1 heterocycles. The Balaban J connectivity index is 1.31. The molecule has 0 spiro atoms. The minimum atomic E-state index is 0.00750. The summed E-state index contributed by atoms with van der Waals surface area (Å²) in [6.45, 7) is 4.58. The van der Waals surface area contributed by atoms with Gasteiger partial charge < -0.3 is 25.1 Å².